The molecule has 2 aliphatic carbocycles. The number of likely N-dealkylation sites (tertiary alicyclic amines) is 1. The van der Waals surface area contributed by atoms with Crippen molar-refractivity contribution in [2.24, 2.45) is 11.3 Å². The quantitative estimate of drug-likeness (QED) is 0.151. The summed E-state index contributed by atoms with van der Waals surface area (Å²) in [6, 6.07) is 3.36. The lowest BCUT2D eigenvalue weighted by Gasteiger charge is -2.37. The Balaban J connectivity index is 1.25. The van der Waals surface area contributed by atoms with E-state index < -0.39 is 70.9 Å². The molecule has 0 bridgehead atoms. The molecule has 1 aliphatic heterocycles. The molecule has 3 fully saturated rings. The van der Waals surface area contributed by atoms with Crippen LogP contribution in [0.4, 0.5) is 10.4 Å². The van der Waals surface area contributed by atoms with Crippen molar-refractivity contribution in [3.05, 3.63) is 47.4 Å². The van der Waals surface area contributed by atoms with Crippen LogP contribution in [-0.2, 0) is 24.0 Å². The van der Waals surface area contributed by atoms with Gasteiger partial charge in [0.1, 0.15) is 29.7 Å². The van der Waals surface area contributed by atoms with Gasteiger partial charge in [-0.25, -0.2) is 9.37 Å². The van der Waals surface area contributed by atoms with Crippen LogP contribution in [0, 0.1) is 17.2 Å². The number of amides is 4. The number of benzene rings is 1. The number of nitrogens with one attached hydrogen (secondary N) is 4. The maximum atomic E-state index is 14.8. The van der Waals surface area contributed by atoms with Crippen LogP contribution < -0.4 is 26.0 Å². The first-order valence-electron chi connectivity index (χ1n) is 19.6. The molecule has 2 aromatic heterocycles. The number of carbonyl (C=O) groups is 5. The van der Waals surface area contributed by atoms with Gasteiger partial charge in [-0.3, -0.25) is 24.0 Å². The summed E-state index contributed by atoms with van der Waals surface area (Å²) in [6.45, 7) is 7.25. The van der Waals surface area contributed by atoms with Gasteiger partial charge < -0.3 is 35.3 Å². The van der Waals surface area contributed by atoms with Crippen LogP contribution in [0.2, 0.25) is 5.02 Å². The van der Waals surface area contributed by atoms with Crippen molar-refractivity contribution in [3.8, 4) is 5.88 Å². The number of fused-ring (bicyclic) bond motifs is 1. The predicted octanol–water partition coefficient (Wildman–Crippen LogP) is 5.09. The summed E-state index contributed by atoms with van der Waals surface area (Å²) < 4.78 is 26.3. The zero-order valence-electron chi connectivity index (χ0n) is 32.2. The second-order valence-corrected chi connectivity index (χ2v) is 16.6. The van der Waals surface area contributed by atoms with E-state index in [-0.39, 0.29) is 48.8 Å². The fourth-order valence-electron chi connectivity index (χ4n) is 7.47. The number of Topliss-reactive ketones (excluding diaryl/α,β-unsaturated/α-hetero) is 1. The Labute approximate surface area is 330 Å². The molecule has 302 valence electrons. The Hall–Kier alpha value is -4.79. The van der Waals surface area contributed by atoms with Crippen LogP contribution in [0.1, 0.15) is 91.9 Å². The van der Waals surface area contributed by atoms with Gasteiger partial charge in [-0.1, -0.05) is 71.0 Å². The highest BCUT2D eigenvalue weighted by atomic mass is 35.5. The average molecular weight is 796 g/mol. The summed E-state index contributed by atoms with van der Waals surface area (Å²) in [5.41, 5.74) is -0.575. The first kappa shape index (κ1) is 40.9. The summed E-state index contributed by atoms with van der Waals surface area (Å²) in [5.74, 6) is -3.58. The fraction of sp³-hybridized carbons (Fsp3) is 0.575. The van der Waals surface area contributed by atoms with E-state index in [1.165, 1.54) is 23.2 Å². The molecule has 3 heterocycles. The molecule has 6 rings (SSSR count). The normalized spacial score (nSPS) is 20.5. The Morgan fingerprint density at radius 2 is 1.79 bits per heavy atom. The number of ketones is 1. The number of nitrogens with zero attached hydrogens (tertiary/aromatic N) is 3. The van der Waals surface area contributed by atoms with E-state index in [1.807, 2.05) is 27.7 Å². The molecule has 3 aromatic rings. The Morgan fingerprint density at radius 3 is 2.43 bits per heavy atom. The van der Waals surface area contributed by atoms with Gasteiger partial charge in [-0.05, 0) is 61.6 Å². The third-order valence-electron chi connectivity index (χ3n) is 10.6. The second-order valence-electron chi connectivity index (χ2n) is 16.2. The van der Waals surface area contributed by atoms with E-state index in [0.717, 1.165) is 44.9 Å². The number of pyridine rings is 1. The predicted molar refractivity (Wildman–Crippen MR) is 206 cm³/mol. The minimum Gasteiger partial charge on any atom is -0.472 e. The van der Waals surface area contributed by atoms with E-state index in [4.69, 9.17) is 20.8 Å². The molecule has 1 aromatic carbocycles. The van der Waals surface area contributed by atoms with Crippen LogP contribution in [0.5, 0.6) is 5.88 Å². The highest BCUT2D eigenvalue weighted by Crippen LogP contribution is 2.32. The number of carbonyl (C=O) groups excluding carboxylic acids is 5. The van der Waals surface area contributed by atoms with Gasteiger partial charge in [0, 0.05) is 24.7 Å². The van der Waals surface area contributed by atoms with Crippen molar-refractivity contribution in [2.45, 2.75) is 128 Å². The second kappa shape index (κ2) is 17.6. The third kappa shape index (κ3) is 9.95. The zero-order chi connectivity index (χ0) is 40.1. The standard InChI is InChI=1S/C40H51ClFN7O7/c1-5-10-27(32(50)37(53)44-24-16-17-24)45-35(51)29-19-25(55-30-18-15-23(41)20-43-30)21-49(29)38(54)34(40(2,3)4)48-36(52)31(22-11-7-6-8-12-22)47-39-46-28-14-9-13-26(42)33(28)56-39/h9,13-15,18,20,22,24-25,27,29,31,34H,5-8,10-12,16-17,19,21H2,1-4H3,(H,44,53)(H,45,51)(H,46,47)(H,48,52)/t25-,27+,29+,31+,34-/m1/s1. The van der Waals surface area contributed by atoms with Crippen molar-refractivity contribution < 1.29 is 37.5 Å². The molecule has 4 N–H and O–H groups in total. The van der Waals surface area contributed by atoms with Gasteiger partial charge in [0.25, 0.3) is 11.9 Å². The van der Waals surface area contributed by atoms with Gasteiger partial charge in [0.05, 0.1) is 17.6 Å². The molecule has 0 unspecified atom stereocenters. The van der Waals surface area contributed by atoms with Crippen LogP contribution in [0.25, 0.3) is 11.1 Å². The molecule has 0 spiro atoms. The number of para-hydroxylation sites is 1. The molecular formula is C40H51ClFN7O7. The molecule has 56 heavy (non-hydrogen) atoms. The number of rotatable bonds is 15. The number of hydrogen-bond acceptors (Lipinski definition) is 10. The van der Waals surface area contributed by atoms with E-state index in [2.05, 4.69) is 31.2 Å². The van der Waals surface area contributed by atoms with Crippen LogP contribution in [0.15, 0.2) is 40.9 Å². The summed E-state index contributed by atoms with van der Waals surface area (Å²) in [5, 5.41) is 12.0. The van der Waals surface area contributed by atoms with Crippen LogP contribution in [0.3, 0.4) is 0 Å². The summed E-state index contributed by atoms with van der Waals surface area (Å²) in [4.78, 5) is 79.2. The fourth-order valence-corrected chi connectivity index (χ4v) is 7.58. The van der Waals surface area contributed by atoms with Crippen molar-refractivity contribution in [1.29, 1.82) is 0 Å². The zero-order valence-corrected chi connectivity index (χ0v) is 33.0. The molecular weight excluding hydrogens is 745 g/mol. The number of aromatic nitrogens is 2. The number of oxazole rings is 1. The molecule has 5 atom stereocenters. The van der Waals surface area contributed by atoms with E-state index in [0.29, 0.717) is 17.0 Å². The highest BCUT2D eigenvalue weighted by molar-refractivity contribution is 6.38. The largest absolute Gasteiger partial charge is 0.472 e. The Morgan fingerprint density at radius 1 is 1.04 bits per heavy atom. The smallest absolute Gasteiger partial charge is 0.296 e. The molecule has 16 heteroatoms. The summed E-state index contributed by atoms with van der Waals surface area (Å²) in [6.07, 6.45) is 7.48. The van der Waals surface area contributed by atoms with Crippen molar-refractivity contribution in [3.63, 3.8) is 0 Å². The number of ether oxygens (including phenoxy) is 1. The van der Waals surface area contributed by atoms with Gasteiger partial charge in [0.15, 0.2) is 11.4 Å². The molecule has 3 aliphatic rings. The van der Waals surface area contributed by atoms with E-state index in [1.54, 1.807) is 18.2 Å². The van der Waals surface area contributed by atoms with E-state index in [9.17, 15) is 28.4 Å². The third-order valence-corrected chi connectivity index (χ3v) is 10.9. The Bertz CT molecular complexity index is 1910. The Kier molecular flexibility index (Phi) is 12.8. The van der Waals surface area contributed by atoms with Gasteiger partial charge >= 0.3 is 0 Å². The van der Waals surface area contributed by atoms with Gasteiger partial charge in [-0.15, -0.1) is 0 Å². The first-order valence-corrected chi connectivity index (χ1v) is 19.9. The summed E-state index contributed by atoms with van der Waals surface area (Å²) >= 11 is 6.03. The minimum absolute atomic E-state index is 0.0106. The topological polar surface area (TPSA) is 185 Å². The lowest BCUT2D eigenvalue weighted by atomic mass is 9.82. The molecule has 1 saturated heterocycles. The number of anilines is 1. The SMILES string of the molecule is CCC[C@H](NC(=O)[C@@H]1C[C@@H](Oc2ccc(Cl)cn2)CN1C(=O)[C@@H](NC(=O)[C@@H](Nc1nc2cccc(F)c2o1)C1CCCCC1)C(C)(C)C)C(=O)C(=O)NC1CC1. The maximum absolute atomic E-state index is 14.8. The molecule has 0 radical (unpaired) electrons. The molecule has 4 amide bonds. The lowest BCUT2D eigenvalue weighted by Crippen LogP contribution is -2.61. The van der Waals surface area contributed by atoms with Gasteiger partial charge in [-0.2, -0.15) is 4.98 Å². The molecule has 2 saturated carbocycles. The van der Waals surface area contributed by atoms with Crippen LogP contribution >= 0.6 is 11.6 Å². The highest BCUT2D eigenvalue weighted by Gasteiger charge is 2.47. The van der Waals surface area contributed by atoms with Crippen molar-refractivity contribution >= 4 is 58.1 Å². The van der Waals surface area contributed by atoms with Crippen molar-refractivity contribution in [2.75, 3.05) is 11.9 Å². The lowest BCUT2D eigenvalue weighted by molar-refractivity contribution is -0.145. The molecule has 14 nitrogen and oxygen atoms in total. The van der Waals surface area contributed by atoms with Crippen molar-refractivity contribution in [1.82, 2.24) is 30.8 Å². The first-order chi connectivity index (χ1) is 26.7. The van der Waals surface area contributed by atoms with Gasteiger partial charge in [0.2, 0.25) is 29.4 Å². The maximum Gasteiger partial charge on any atom is 0.296 e. The minimum atomic E-state index is -1.12. The number of hydrogen-bond donors (Lipinski definition) is 4. The monoisotopic (exact) mass is 795 g/mol. The number of halogens is 2. The average Bonchev–Trinajstić information content (AvgIpc) is 3.71. The van der Waals surface area contributed by atoms with E-state index >= 15 is 0 Å². The van der Waals surface area contributed by atoms with Crippen LogP contribution in [-0.4, -0.2) is 87.1 Å². The summed E-state index contributed by atoms with van der Waals surface area (Å²) in [7, 11) is 0.